The zero-order chi connectivity index (χ0) is 14.1. The first-order valence-corrected chi connectivity index (χ1v) is 7.46. The zero-order valence-electron chi connectivity index (χ0n) is 11.2. The first kappa shape index (κ1) is 13.4. The third kappa shape index (κ3) is 2.38. The lowest BCUT2D eigenvalue weighted by Gasteiger charge is -2.20. The second kappa shape index (κ2) is 5.40. The van der Waals surface area contributed by atoms with Gasteiger partial charge in [-0.2, -0.15) is 0 Å². The van der Waals surface area contributed by atoms with E-state index in [-0.39, 0.29) is 5.97 Å². The highest BCUT2D eigenvalue weighted by Gasteiger charge is 2.27. The first-order valence-electron chi connectivity index (χ1n) is 6.67. The predicted molar refractivity (Wildman–Crippen MR) is 83.0 cm³/mol. The number of esters is 1. The topological polar surface area (TPSA) is 41.9 Å². The van der Waals surface area contributed by atoms with Crippen molar-refractivity contribution in [2.24, 2.45) is 4.99 Å². The number of rotatable bonds is 2. The minimum Gasteiger partial charge on any atom is -0.463 e. The number of benzene rings is 1. The van der Waals surface area contributed by atoms with Crippen molar-refractivity contribution in [3.8, 4) is 0 Å². The van der Waals surface area contributed by atoms with Crippen LogP contribution in [-0.4, -0.2) is 31.5 Å². The summed E-state index contributed by atoms with van der Waals surface area (Å²) in [7, 11) is 0. The normalized spacial score (nSPS) is 16.8. The molecule has 0 saturated heterocycles. The molecule has 0 aliphatic carbocycles. The molecule has 0 amide bonds. The van der Waals surface area contributed by atoms with Crippen LogP contribution in [0.15, 0.2) is 33.2 Å². The second-order valence-electron chi connectivity index (χ2n) is 4.72. The summed E-state index contributed by atoms with van der Waals surface area (Å²) in [5.41, 5.74) is 2.79. The molecule has 0 unspecified atom stereocenters. The van der Waals surface area contributed by atoms with Crippen LogP contribution in [0.5, 0.6) is 0 Å². The highest BCUT2D eigenvalue weighted by Crippen LogP contribution is 2.33. The highest BCUT2D eigenvalue weighted by atomic mass is 79.9. The minimum absolute atomic E-state index is 0.252. The van der Waals surface area contributed by atoms with Crippen molar-refractivity contribution in [2.45, 2.75) is 13.3 Å². The van der Waals surface area contributed by atoms with Gasteiger partial charge in [0.2, 0.25) is 0 Å². The number of amidine groups is 1. The number of aliphatic imine (C=N–C) groups is 1. The van der Waals surface area contributed by atoms with Crippen LogP contribution in [-0.2, 0) is 9.53 Å². The molecule has 0 atom stereocenters. The number of halogens is 1. The van der Waals surface area contributed by atoms with Gasteiger partial charge in [-0.15, -0.1) is 0 Å². The zero-order valence-corrected chi connectivity index (χ0v) is 12.8. The fourth-order valence-electron chi connectivity index (χ4n) is 2.54. The summed E-state index contributed by atoms with van der Waals surface area (Å²) < 4.78 is 6.16. The molecule has 2 aliphatic rings. The van der Waals surface area contributed by atoms with E-state index in [9.17, 15) is 4.79 Å². The average molecular weight is 335 g/mol. The van der Waals surface area contributed by atoms with Gasteiger partial charge in [-0.3, -0.25) is 4.99 Å². The van der Waals surface area contributed by atoms with Gasteiger partial charge in [-0.1, -0.05) is 22.0 Å². The van der Waals surface area contributed by atoms with E-state index in [0.717, 1.165) is 34.6 Å². The Morgan fingerprint density at radius 2 is 2.35 bits per heavy atom. The number of nitrogens with zero attached hydrogens (tertiary/aromatic N) is 2. The van der Waals surface area contributed by atoms with E-state index >= 15 is 0 Å². The molecular weight excluding hydrogens is 320 g/mol. The second-order valence-corrected chi connectivity index (χ2v) is 5.64. The van der Waals surface area contributed by atoms with Gasteiger partial charge in [-0.05, 0) is 30.7 Å². The smallest absolute Gasteiger partial charge is 0.334 e. The molecular formula is C15H15BrN2O2. The Hall–Kier alpha value is -1.62. The quantitative estimate of drug-likeness (QED) is 0.780. The summed E-state index contributed by atoms with van der Waals surface area (Å²) in [6.45, 7) is 3.85. The van der Waals surface area contributed by atoms with Crippen molar-refractivity contribution in [1.82, 2.24) is 0 Å². The van der Waals surface area contributed by atoms with E-state index in [2.05, 4.69) is 31.9 Å². The molecule has 1 aromatic carbocycles. The molecule has 2 heterocycles. The van der Waals surface area contributed by atoms with Crippen molar-refractivity contribution < 1.29 is 9.53 Å². The van der Waals surface area contributed by atoms with Crippen LogP contribution in [0.3, 0.4) is 0 Å². The maximum atomic E-state index is 12.0. The van der Waals surface area contributed by atoms with Crippen molar-refractivity contribution >= 4 is 39.5 Å². The van der Waals surface area contributed by atoms with E-state index in [0.29, 0.717) is 18.6 Å². The number of ether oxygens (including phenoxy) is 1. The minimum atomic E-state index is -0.252. The van der Waals surface area contributed by atoms with Gasteiger partial charge < -0.3 is 9.64 Å². The van der Waals surface area contributed by atoms with Crippen LogP contribution in [0, 0.1) is 0 Å². The van der Waals surface area contributed by atoms with Crippen LogP contribution in [0.25, 0.3) is 6.08 Å². The number of hydrogen-bond acceptors (Lipinski definition) is 4. The summed E-state index contributed by atoms with van der Waals surface area (Å²) in [6.07, 6.45) is 2.45. The molecule has 4 nitrogen and oxygen atoms in total. The molecule has 0 N–H and O–H groups in total. The van der Waals surface area contributed by atoms with E-state index in [1.807, 2.05) is 25.1 Å². The summed E-state index contributed by atoms with van der Waals surface area (Å²) in [5, 5.41) is 0. The van der Waals surface area contributed by atoms with Gasteiger partial charge in [0.05, 0.1) is 18.8 Å². The highest BCUT2D eigenvalue weighted by molar-refractivity contribution is 9.10. The van der Waals surface area contributed by atoms with Crippen molar-refractivity contribution in [3.63, 3.8) is 0 Å². The van der Waals surface area contributed by atoms with Gasteiger partial charge in [0, 0.05) is 23.0 Å². The lowest BCUT2D eigenvalue weighted by atomic mass is 10.1. The fraction of sp³-hybridized carbons (Fsp3) is 0.333. The Morgan fingerprint density at radius 1 is 1.50 bits per heavy atom. The van der Waals surface area contributed by atoms with Crippen molar-refractivity contribution in [2.75, 3.05) is 24.6 Å². The number of hydrogen-bond donors (Lipinski definition) is 0. The number of fused-ring (bicyclic) bond motifs is 3. The maximum absolute atomic E-state index is 12.0. The first-order chi connectivity index (χ1) is 9.69. The Morgan fingerprint density at radius 3 is 3.15 bits per heavy atom. The molecule has 0 radical (unpaired) electrons. The molecule has 104 valence electrons. The van der Waals surface area contributed by atoms with E-state index in [1.54, 1.807) is 0 Å². The number of anilines is 1. The van der Waals surface area contributed by atoms with Crippen LogP contribution in [0.4, 0.5) is 5.69 Å². The molecule has 3 rings (SSSR count). The maximum Gasteiger partial charge on any atom is 0.334 e. The van der Waals surface area contributed by atoms with E-state index in [1.165, 1.54) is 0 Å². The van der Waals surface area contributed by atoms with Gasteiger partial charge in [0.25, 0.3) is 0 Å². The molecule has 2 aliphatic heterocycles. The number of carbonyl (C=O) groups is 1. The van der Waals surface area contributed by atoms with Gasteiger partial charge >= 0.3 is 5.97 Å². The van der Waals surface area contributed by atoms with Crippen LogP contribution < -0.4 is 4.90 Å². The number of carbonyl (C=O) groups excluding carboxylic acids is 1. The Balaban J connectivity index is 2.07. The molecule has 0 bridgehead atoms. The average Bonchev–Trinajstić information content (AvgIpc) is 2.82. The largest absolute Gasteiger partial charge is 0.463 e. The molecule has 0 fully saturated rings. The van der Waals surface area contributed by atoms with E-state index < -0.39 is 0 Å². The van der Waals surface area contributed by atoms with Gasteiger partial charge in [0.1, 0.15) is 5.84 Å². The van der Waals surface area contributed by atoms with E-state index in [4.69, 9.17) is 4.74 Å². The Kier molecular flexibility index (Phi) is 3.61. The van der Waals surface area contributed by atoms with Crippen LogP contribution >= 0.6 is 15.9 Å². The third-order valence-electron chi connectivity index (χ3n) is 3.43. The molecule has 20 heavy (non-hydrogen) atoms. The molecule has 5 heteroatoms. The lowest BCUT2D eigenvalue weighted by molar-refractivity contribution is -0.138. The summed E-state index contributed by atoms with van der Waals surface area (Å²) in [5.74, 6) is 0.693. The summed E-state index contributed by atoms with van der Waals surface area (Å²) in [4.78, 5) is 18.7. The predicted octanol–water partition coefficient (Wildman–Crippen LogP) is 3.02. The summed E-state index contributed by atoms with van der Waals surface area (Å²) in [6, 6.07) is 6.07. The molecule has 1 aromatic rings. The van der Waals surface area contributed by atoms with Crippen LogP contribution in [0.2, 0.25) is 0 Å². The van der Waals surface area contributed by atoms with Crippen LogP contribution in [0.1, 0.15) is 18.9 Å². The van der Waals surface area contributed by atoms with Gasteiger partial charge in [-0.25, -0.2) is 4.79 Å². The fourth-order valence-corrected chi connectivity index (χ4v) is 2.89. The molecule has 0 aromatic heterocycles. The summed E-state index contributed by atoms with van der Waals surface area (Å²) >= 11 is 3.50. The Bertz CT molecular complexity index is 622. The third-order valence-corrected chi connectivity index (χ3v) is 3.92. The molecule has 0 spiro atoms. The van der Waals surface area contributed by atoms with Crippen molar-refractivity contribution in [1.29, 1.82) is 0 Å². The lowest BCUT2D eigenvalue weighted by Crippen LogP contribution is -2.27. The monoisotopic (exact) mass is 334 g/mol. The Labute approximate surface area is 126 Å². The SMILES string of the molecule is CCOC(=O)C1=Cc2ccc(Br)cc2N2CCN=C2C1. The van der Waals surface area contributed by atoms with Crippen molar-refractivity contribution in [3.05, 3.63) is 33.8 Å². The van der Waals surface area contributed by atoms with Gasteiger partial charge in [0.15, 0.2) is 0 Å². The molecule has 0 saturated carbocycles. The standard InChI is InChI=1S/C15H15BrN2O2/c1-2-20-15(19)11-7-10-3-4-12(16)9-13(10)18-6-5-17-14(18)8-11/h3-4,7,9H,2,5-6,8H2,1H3.